The van der Waals surface area contributed by atoms with E-state index in [1.54, 1.807) is 0 Å². The molecule has 0 spiro atoms. The SMILES string of the molecule is CN1C(=O)CC(NCc2ccc(CO)cc2)C1=O. The minimum absolute atomic E-state index is 0.0219. The molecule has 1 saturated heterocycles. The van der Waals surface area contributed by atoms with Crippen LogP contribution in [0.4, 0.5) is 0 Å². The van der Waals surface area contributed by atoms with Crippen LogP contribution in [0.5, 0.6) is 0 Å². The van der Waals surface area contributed by atoms with Gasteiger partial charge in [-0.1, -0.05) is 24.3 Å². The predicted molar refractivity (Wildman–Crippen MR) is 65.4 cm³/mol. The molecule has 1 heterocycles. The van der Waals surface area contributed by atoms with Gasteiger partial charge in [-0.2, -0.15) is 0 Å². The summed E-state index contributed by atoms with van der Waals surface area (Å²) in [6, 6.07) is 7.04. The lowest BCUT2D eigenvalue weighted by Gasteiger charge is -2.11. The molecule has 0 bridgehead atoms. The zero-order valence-corrected chi connectivity index (χ0v) is 10.2. The van der Waals surface area contributed by atoms with Gasteiger partial charge in [0.05, 0.1) is 19.1 Å². The van der Waals surface area contributed by atoms with Crippen LogP contribution >= 0.6 is 0 Å². The van der Waals surface area contributed by atoms with Crippen LogP contribution in [-0.4, -0.2) is 34.9 Å². The second kappa shape index (κ2) is 5.29. The van der Waals surface area contributed by atoms with Gasteiger partial charge in [0.25, 0.3) is 0 Å². The number of likely N-dealkylation sites (N-methyl/N-ethyl adjacent to an activating group) is 1. The summed E-state index contributed by atoms with van der Waals surface area (Å²) in [7, 11) is 1.50. The summed E-state index contributed by atoms with van der Waals surface area (Å²) in [4.78, 5) is 24.1. The molecular weight excluding hydrogens is 232 g/mol. The first-order valence-electron chi connectivity index (χ1n) is 5.84. The van der Waals surface area contributed by atoms with Gasteiger partial charge >= 0.3 is 0 Å². The molecule has 5 nitrogen and oxygen atoms in total. The van der Waals surface area contributed by atoms with E-state index < -0.39 is 6.04 Å². The number of hydrogen-bond donors (Lipinski definition) is 2. The van der Waals surface area contributed by atoms with Gasteiger partial charge in [0.1, 0.15) is 0 Å². The van der Waals surface area contributed by atoms with Crippen molar-refractivity contribution in [2.24, 2.45) is 0 Å². The lowest BCUT2D eigenvalue weighted by atomic mass is 10.1. The number of amides is 2. The summed E-state index contributed by atoms with van der Waals surface area (Å²) in [5.74, 6) is -0.319. The van der Waals surface area contributed by atoms with Crippen molar-refractivity contribution in [1.82, 2.24) is 10.2 Å². The highest BCUT2D eigenvalue weighted by Crippen LogP contribution is 2.11. The maximum absolute atomic E-state index is 11.6. The molecule has 1 aromatic carbocycles. The molecule has 1 atom stereocenters. The number of benzene rings is 1. The molecule has 1 aliphatic rings. The first-order chi connectivity index (χ1) is 8.61. The fraction of sp³-hybridized carbons (Fsp3) is 0.385. The van der Waals surface area contributed by atoms with Crippen LogP contribution < -0.4 is 5.32 Å². The van der Waals surface area contributed by atoms with Crippen molar-refractivity contribution in [2.75, 3.05) is 7.05 Å². The highest BCUT2D eigenvalue weighted by atomic mass is 16.3. The molecule has 0 radical (unpaired) electrons. The molecule has 0 aromatic heterocycles. The van der Waals surface area contributed by atoms with E-state index >= 15 is 0 Å². The molecular formula is C13H16N2O3. The van der Waals surface area contributed by atoms with E-state index in [4.69, 9.17) is 5.11 Å². The first kappa shape index (κ1) is 12.7. The molecule has 1 aliphatic heterocycles. The minimum atomic E-state index is -0.417. The van der Waals surface area contributed by atoms with Gasteiger partial charge in [-0.3, -0.25) is 14.5 Å². The van der Waals surface area contributed by atoms with Crippen LogP contribution in [0.3, 0.4) is 0 Å². The fourth-order valence-electron chi connectivity index (χ4n) is 1.92. The number of likely N-dealkylation sites (tertiary alicyclic amines) is 1. The lowest BCUT2D eigenvalue weighted by molar-refractivity contribution is -0.137. The normalized spacial score (nSPS) is 19.7. The Kier molecular flexibility index (Phi) is 3.74. The third-order valence-electron chi connectivity index (χ3n) is 3.14. The molecule has 2 rings (SSSR count). The molecule has 96 valence electrons. The van der Waals surface area contributed by atoms with E-state index in [1.165, 1.54) is 7.05 Å². The third kappa shape index (κ3) is 2.57. The Bertz CT molecular complexity index is 456. The summed E-state index contributed by atoms with van der Waals surface area (Å²) >= 11 is 0. The number of nitrogens with one attached hydrogen (secondary N) is 1. The lowest BCUT2D eigenvalue weighted by Crippen LogP contribution is -2.36. The fourth-order valence-corrected chi connectivity index (χ4v) is 1.92. The van der Waals surface area contributed by atoms with Crippen LogP contribution in [0.15, 0.2) is 24.3 Å². The van der Waals surface area contributed by atoms with Gasteiger partial charge < -0.3 is 10.4 Å². The number of carbonyl (C=O) groups excluding carboxylic acids is 2. The molecule has 2 amide bonds. The average Bonchev–Trinajstić information content (AvgIpc) is 2.64. The predicted octanol–water partition coefficient (Wildman–Crippen LogP) is 0.0258. The van der Waals surface area contributed by atoms with Crippen molar-refractivity contribution in [3.8, 4) is 0 Å². The highest BCUT2D eigenvalue weighted by molar-refractivity contribution is 6.05. The van der Waals surface area contributed by atoms with Gasteiger partial charge in [0.15, 0.2) is 0 Å². The summed E-state index contributed by atoms with van der Waals surface area (Å²) in [6.07, 6.45) is 0.226. The largest absolute Gasteiger partial charge is 0.392 e. The van der Waals surface area contributed by atoms with Gasteiger partial charge in [-0.15, -0.1) is 0 Å². The van der Waals surface area contributed by atoms with E-state index in [1.807, 2.05) is 24.3 Å². The van der Waals surface area contributed by atoms with E-state index in [9.17, 15) is 9.59 Å². The Hall–Kier alpha value is -1.72. The van der Waals surface area contributed by atoms with Crippen LogP contribution in [0.1, 0.15) is 17.5 Å². The second-order valence-corrected chi connectivity index (χ2v) is 4.40. The van der Waals surface area contributed by atoms with Crippen molar-refractivity contribution in [2.45, 2.75) is 25.6 Å². The van der Waals surface area contributed by atoms with Crippen molar-refractivity contribution in [3.63, 3.8) is 0 Å². The number of hydrogen-bond acceptors (Lipinski definition) is 4. The summed E-state index contributed by atoms with van der Waals surface area (Å²) < 4.78 is 0. The summed E-state index contributed by atoms with van der Waals surface area (Å²) in [5, 5.41) is 12.0. The molecule has 0 aliphatic carbocycles. The van der Waals surface area contributed by atoms with Gasteiger partial charge in [0.2, 0.25) is 11.8 Å². The maximum Gasteiger partial charge on any atom is 0.246 e. The Balaban J connectivity index is 1.91. The maximum atomic E-state index is 11.6. The number of aliphatic hydroxyl groups is 1. The standard InChI is InChI=1S/C13H16N2O3/c1-15-12(17)6-11(13(15)18)14-7-9-2-4-10(8-16)5-3-9/h2-5,11,14,16H,6-8H2,1H3. The van der Waals surface area contributed by atoms with Crippen molar-refractivity contribution in [3.05, 3.63) is 35.4 Å². The minimum Gasteiger partial charge on any atom is -0.392 e. The Labute approximate surface area is 105 Å². The number of aliphatic hydroxyl groups excluding tert-OH is 1. The monoisotopic (exact) mass is 248 g/mol. The Morgan fingerprint density at radius 3 is 2.39 bits per heavy atom. The molecule has 18 heavy (non-hydrogen) atoms. The van der Waals surface area contributed by atoms with E-state index in [-0.39, 0.29) is 24.8 Å². The van der Waals surface area contributed by atoms with Crippen molar-refractivity contribution in [1.29, 1.82) is 0 Å². The van der Waals surface area contributed by atoms with Crippen molar-refractivity contribution >= 4 is 11.8 Å². The van der Waals surface area contributed by atoms with Crippen LogP contribution in [0, 0.1) is 0 Å². The third-order valence-corrected chi connectivity index (χ3v) is 3.14. The number of nitrogens with zero attached hydrogens (tertiary/aromatic N) is 1. The van der Waals surface area contributed by atoms with Crippen molar-refractivity contribution < 1.29 is 14.7 Å². The zero-order chi connectivity index (χ0) is 13.1. The molecule has 1 unspecified atom stereocenters. The van der Waals surface area contributed by atoms with Gasteiger partial charge in [0, 0.05) is 13.6 Å². The summed E-state index contributed by atoms with van der Waals surface area (Å²) in [5.41, 5.74) is 1.87. The number of rotatable bonds is 4. The van der Waals surface area contributed by atoms with Gasteiger partial charge in [-0.05, 0) is 11.1 Å². The van der Waals surface area contributed by atoms with E-state index in [0.29, 0.717) is 6.54 Å². The topological polar surface area (TPSA) is 69.6 Å². The molecule has 2 N–H and O–H groups in total. The van der Waals surface area contributed by atoms with E-state index in [2.05, 4.69) is 5.32 Å². The van der Waals surface area contributed by atoms with Crippen LogP contribution in [-0.2, 0) is 22.7 Å². The smallest absolute Gasteiger partial charge is 0.246 e. The quantitative estimate of drug-likeness (QED) is 0.737. The Morgan fingerprint density at radius 2 is 1.89 bits per heavy atom. The molecule has 5 heteroatoms. The van der Waals surface area contributed by atoms with Gasteiger partial charge in [-0.25, -0.2) is 0 Å². The average molecular weight is 248 g/mol. The van der Waals surface area contributed by atoms with E-state index in [0.717, 1.165) is 16.0 Å². The molecule has 1 aromatic rings. The Morgan fingerprint density at radius 1 is 1.28 bits per heavy atom. The second-order valence-electron chi connectivity index (χ2n) is 4.40. The van der Waals surface area contributed by atoms with Crippen LogP contribution in [0.25, 0.3) is 0 Å². The summed E-state index contributed by atoms with van der Waals surface area (Å²) in [6.45, 7) is 0.553. The first-order valence-corrected chi connectivity index (χ1v) is 5.84. The molecule has 0 saturated carbocycles. The number of carbonyl (C=O) groups is 2. The zero-order valence-electron chi connectivity index (χ0n) is 10.2. The number of imide groups is 1. The van der Waals surface area contributed by atoms with Crippen LogP contribution in [0.2, 0.25) is 0 Å². The highest BCUT2D eigenvalue weighted by Gasteiger charge is 2.35. The molecule has 1 fully saturated rings.